The number of carbonyl (C=O) groups is 2. The number of hydrogen-bond donors (Lipinski definition) is 3. The molecule has 2 aromatic rings. The van der Waals surface area contributed by atoms with Crippen LogP contribution in [0, 0.1) is 0 Å². The number of rotatable bonds is 5. The molecule has 0 bridgehead atoms. The van der Waals surface area contributed by atoms with Crippen LogP contribution in [0.2, 0.25) is 0 Å². The number of aliphatic carboxylic acids is 1. The highest BCUT2D eigenvalue weighted by molar-refractivity contribution is 6.14. The largest absolute Gasteiger partial charge is 0.508 e. The minimum Gasteiger partial charge on any atom is -0.508 e. The molecule has 2 aromatic carbocycles. The summed E-state index contributed by atoms with van der Waals surface area (Å²) >= 11 is 0. The van der Waals surface area contributed by atoms with Crippen molar-refractivity contribution in [1.82, 2.24) is 0 Å². The molecule has 2 rings (SSSR count). The van der Waals surface area contributed by atoms with Gasteiger partial charge in [-0.25, -0.2) is 4.79 Å². The second-order valence-electron chi connectivity index (χ2n) is 4.77. The first-order chi connectivity index (χ1) is 10.4. The van der Waals surface area contributed by atoms with Crippen molar-refractivity contribution in [3.05, 3.63) is 71.8 Å². The molecule has 0 amide bonds. The molecule has 112 valence electrons. The zero-order chi connectivity index (χ0) is 16.2. The minimum atomic E-state index is -2.20. The number of benzene rings is 2. The Balaban J connectivity index is 2.35. The molecular weight excluding hydrogens is 282 g/mol. The van der Waals surface area contributed by atoms with Crippen molar-refractivity contribution < 1.29 is 19.8 Å². The summed E-state index contributed by atoms with van der Waals surface area (Å²) in [4.78, 5) is 23.8. The Morgan fingerprint density at radius 3 is 2.14 bits per heavy atom. The maximum Gasteiger partial charge on any atom is 0.336 e. The normalized spacial score (nSPS) is 13.7. The number of carbonyl (C=O) groups excluding carboxylic acids is 1. The molecule has 22 heavy (non-hydrogen) atoms. The van der Waals surface area contributed by atoms with Crippen LogP contribution in [0.3, 0.4) is 0 Å². The Morgan fingerprint density at radius 1 is 1.00 bits per heavy atom. The first-order valence-corrected chi connectivity index (χ1v) is 6.54. The fourth-order valence-electron chi connectivity index (χ4n) is 1.96. The number of phenols is 1. The molecular formula is C17H15NO4. The van der Waals surface area contributed by atoms with E-state index in [1.54, 1.807) is 24.3 Å². The summed E-state index contributed by atoms with van der Waals surface area (Å²) in [6, 6.07) is 14.2. The molecule has 0 heterocycles. The van der Waals surface area contributed by atoms with E-state index >= 15 is 0 Å². The molecule has 5 nitrogen and oxygen atoms in total. The Hall–Kier alpha value is -2.92. The third-order valence-corrected chi connectivity index (χ3v) is 3.28. The van der Waals surface area contributed by atoms with Gasteiger partial charge in [-0.1, -0.05) is 48.5 Å². The van der Waals surface area contributed by atoms with Crippen LogP contribution in [0.5, 0.6) is 5.75 Å². The summed E-state index contributed by atoms with van der Waals surface area (Å²) in [5, 5.41) is 18.6. The van der Waals surface area contributed by atoms with Crippen LogP contribution in [0.25, 0.3) is 6.08 Å². The standard InChI is InChI=1S/C17H15NO4/c18-17(16(21)22,13-7-9-14(19)10-8-13)15(20)11-6-12-4-2-1-3-5-12/h1-11,19H,18H2,(H,21,22)/b11-6+. The summed E-state index contributed by atoms with van der Waals surface area (Å²) in [6.07, 6.45) is 2.66. The maximum absolute atomic E-state index is 12.3. The number of nitrogens with two attached hydrogens (primary N) is 1. The minimum absolute atomic E-state index is 0.0382. The third-order valence-electron chi connectivity index (χ3n) is 3.28. The summed E-state index contributed by atoms with van der Waals surface area (Å²) in [6.45, 7) is 0. The van der Waals surface area contributed by atoms with Crippen LogP contribution in [0.15, 0.2) is 60.7 Å². The Kier molecular flexibility index (Phi) is 4.39. The first kappa shape index (κ1) is 15.5. The van der Waals surface area contributed by atoms with Crippen LogP contribution in [0.4, 0.5) is 0 Å². The first-order valence-electron chi connectivity index (χ1n) is 6.54. The van der Waals surface area contributed by atoms with Gasteiger partial charge in [0, 0.05) is 0 Å². The van der Waals surface area contributed by atoms with E-state index in [1.165, 1.54) is 30.3 Å². The molecule has 0 radical (unpaired) electrons. The van der Waals surface area contributed by atoms with Crippen molar-refractivity contribution in [2.45, 2.75) is 5.54 Å². The lowest BCUT2D eigenvalue weighted by Gasteiger charge is -2.22. The molecule has 4 N–H and O–H groups in total. The zero-order valence-electron chi connectivity index (χ0n) is 11.6. The molecule has 0 aromatic heterocycles. The third kappa shape index (κ3) is 3.05. The number of carboxylic acids is 1. The number of aromatic hydroxyl groups is 1. The molecule has 0 spiro atoms. The molecule has 0 saturated heterocycles. The lowest BCUT2D eigenvalue weighted by atomic mass is 9.86. The number of carboxylic acid groups (broad SMARTS) is 1. The van der Waals surface area contributed by atoms with Crippen molar-refractivity contribution in [1.29, 1.82) is 0 Å². The summed E-state index contributed by atoms with van der Waals surface area (Å²) in [5.74, 6) is -2.25. The van der Waals surface area contributed by atoms with Crippen LogP contribution in [-0.2, 0) is 15.1 Å². The molecule has 0 aliphatic heterocycles. The van der Waals surface area contributed by atoms with Crippen molar-refractivity contribution in [3.63, 3.8) is 0 Å². The van der Waals surface area contributed by atoms with Crippen LogP contribution in [-0.4, -0.2) is 22.0 Å². The maximum atomic E-state index is 12.3. The lowest BCUT2D eigenvalue weighted by Crippen LogP contribution is -2.51. The Labute approximate surface area is 127 Å². The molecule has 0 fully saturated rings. The average Bonchev–Trinajstić information content (AvgIpc) is 2.53. The second kappa shape index (κ2) is 6.24. The van der Waals surface area contributed by atoms with Gasteiger partial charge in [0.25, 0.3) is 0 Å². The predicted octanol–water partition coefficient (Wildman–Crippen LogP) is 1.91. The highest BCUT2D eigenvalue weighted by atomic mass is 16.4. The van der Waals surface area contributed by atoms with Crippen molar-refractivity contribution >= 4 is 17.8 Å². The fourth-order valence-corrected chi connectivity index (χ4v) is 1.96. The van der Waals surface area contributed by atoms with Gasteiger partial charge in [0.15, 0.2) is 5.78 Å². The van der Waals surface area contributed by atoms with E-state index in [0.717, 1.165) is 11.6 Å². The van der Waals surface area contributed by atoms with E-state index < -0.39 is 17.3 Å². The van der Waals surface area contributed by atoms with E-state index in [-0.39, 0.29) is 11.3 Å². The van der Waals surface area contributed by atoms with E-state index in [1.807, 2.05) is 6.07 Å². The van der Waals surface area contributed by atoms with Gasteiger partial charge in [-0.3, -0.25) is 4.79 Å². The van der Waals surface area contributed by atoms with Gasteiger partial charge < -0.3 is 15.9 Å². The number of ketones is 1. The zero-order valence-corrected chi connectivity index (χ0v) is 11.6. The van der Waals surface area contributed by atoms with Gasteiger partial charge in [-0.15, -0.1) is 0 Å². The van der Waals surface area contributed by atoms with Gasteiger partial charge in [-0.2, -0.15) is 0 Å². The number of phenolic OH excluding ortho intramolecular Hbond substituents is 1. The molecule has 0 aliphatic rings. The van der Waals surface area contributed by atoms with Crippen LogP contribution < -0.4 is 5.73 Å². The van der Waals surface area contributed by atoms with Gasteiger partial charge in [0.2, 0.25) is 5.54 Å². The highest BCUT2D eigenvalue weighted by Crippen LogP contribution is 2.23. The smallest absolute Gasteiger partial charge is 0.336 e. The quantitative estimate of drug-likeness (QED) is 0.578. The molecule has 1 atom stereocenters. The summed E-state index contributed by atoms with van der Waals surface area (Å²) in [7, 11) is 0. The molecule has 0 aliphatic carbocycles. The van der Waals surface area contributed by atoms with Gasteiger partial charge in [0.05, 0.1) is 0 Å². The van der Waals surface area contributed by atoms with Gasteiger partial charge >= 0.3 is 5.97 Å². The van der Waals surface area contributed by atoms with E-state index in [9.17, 15) is 19.8 Å². The predicted molar refractivity (Wildman–Crippen MR) is 82.1 cm³/mol. The van der Waals surface area contributed by atoms with E-state index in [2.05, 4.69) is 0 Å². The summed E-state index contributed by atoms with van der Waals surface area (Å²) in [5.41, 5.74) is 4.50. The molecule has 0 saturated carbocycles. The van der Waals surface area contributed by atoms with Crippen molar-refractivity contribution in [3.8, 4) is 5.75 Å². The fraction of sp³-hybridized carbons (Fsp3) is 0.0588. The van der Waals surface area contributed by atoms with Crippen molar-refractivity contribution in [2.24, 2.45) is 5.73 Å². The Morgan fingerprint density at radius 2 is 1.59 bits per heavy atom. The topological polar surface area (TPSA) is 101 Å². The van der Waals surface area contributed by atoms with Gasteiger partial charge in [-0.05, 0) is 29.3 Å². The number of hydrogen-bond acceptors (Lipinski definition) is 4. The monoisotopic (exact) mass is 297 g/mol. The Bertz CT molecular complexity index is 707. The van der Waals surface area contributed by atoms with Crippen LogP contribution >= 0.6 is 0 Å². The summed E-state index contributed by atoms with van der Waals surface area (Å²) < 4.78 is 0. The average molecular weight is 297 g/mol. The lowest BCUT2D eigenvalue weighted by molar-refractivity contribution is -0.147. The SMILES string of the molecule is NC(C(=O)O)(C(=O)/C=C/c1ccccc1)c1ccc(O)cc1. The molecule has 5 heteroatoms. The van der Waals surface area contributed by atoms with E-state index in [0.29, 0.717) is 0 Å². The van der Waals surface area contributed by atoms with Crippen LogP contribution in [0.1, 0.15) is 11.1 Å². The van der Waals surface area contributed by atoms with Gasteiger partial charge in [0.1, 0.15) is 5.75 Å². The van der Waals surface area contributed by atoms with Crippen molar-refractivity contribution in [2.75, 3.05) is 0 Å². The second-order valence-corrected chi connectivity index (χ2v) is 4.77. The molecule has 1 unspecified atom stereocenters. The highest BCUT2D eigenvalue weighted by Gasteiger charge is 2.42. The van der Waals surface area contributed by atoms with E-state index in [4.69, 9.17) is 5.73 Å².